The highest BCUT2D eigenvalue weighted by atomic mass is 32.2. The minimum absolute atomic E-state index is 0.0902. The Morgan fingerprint density at radius 1 is 1.07 bits per heavy atom. The zero-order valence-electron chi connectivity index (χ0n) is 16.5. The van der Waals surface area contributed by atoms with E-state index in [1.807, 2.05) is 24.3 Å². The quantitative estimate of drug-likeness (QED) is 0.694. The van der Waals surface area contributed by atoms with E-state index in [0.717, 1.165) is 11.3 Å². The average molecular weight is 419 g/mol. The zero-order chi connectivity index (χ0) is 20.9. The maximum atomic E-state index is 12.9. The summed E-state index contributed by atoms with van der Waals surface area (Å²) in [5.41, 5.74) is 0.833. The number of esters is 1. The van der Waals surface area contributed by atoms with Crippen LogP contribution in [0.3, 0.4) is 0 Å². The minimum atomic E-state index is -3.76. The molecule has 0 radical (unpaired) electrons. The van der Waals surface area contributed by atoms with Crippen LogP contribution < -0.4 is 9.46 Å². The molecule has 1 N–H and O–H groups in total. The van der Waals surface area contributed by atoms with E-state index in [1.165, 1.54) is 31.4 Å². The highest BCUT2D eigenvalue weighted by molar-refractivity contribution is 7.89. The third-order valence-corrected chi connectivity index (χ3v) is 6.73. The van der Waals surface area contributed by atoms with E-state index in [4.69, 9.17) is 9.47 Å². The van der Waals surface area contributed by atoms with Gasteiger partial charge in [-0.15, -0.1) is 0 Å². The van der Waals surface area contributed by atoms with Crippen molar-refractivity contribution in [2.24, 2.45) is 0 Å². The molecule has 156 valence electrons. The third kappa shape index (κ3) is 4.60. The van der Waals surface area contributed by atoms with Crippen LogP contribution in [0.5, 0.6) is 5.75 Å². The van der Waals surface area contributed by atoms with Crippen molar-refractivity contribution < 1.29 is 27.4 Å². The normalized spacial score (nSPS) is 16.2. The predicted molar refractivity (Wildman–Crippen MR) is 108 cm³/mol. The first kappa shape index (κ1) is 21.3. The lowest BCUT2D eigenvalue weighted by Gasteiger charge is -2.38. The van der Waals surface area contributed by atoms with E-state index < -0.39 is 21.4 Å². The molecule has 1 aliphatic rings. The molecule has 0 amide bonds. The van der Waals surface area contributed by atoms with Crippen molar-refractivity contribution in [2.45, 2.75) is 23.2 Å². The van der Waals surface area contributed by atoms with E-state index in [2.05, 4.69) is 9.46 Å². The van der Waals surface area contributed by atoms with Crippen LogP contribution in [0.15, 0.2) is 53.4 Å². The second-order valence-electron chi connectivity index (χ2n) is 6.93. The van der Waals surface area contributed by atoms with Gasteiger partial charge in [0.15, 0.2) is 0 Å². The largest absolute Gasteiger partial charge is 0.496 e. The van der Waals surface area contributed by atoms with Gasteiger partial charge < -0.3 is 14.2 Å². The number of rotatable bonds is 7. The van der Waals surface area contributed by atoms with Crippen LogP contribution in [-0.2, 0) is 24.9 Å². The number of hydrogen-bond acceptors (Lipinski definition) is 6. The standard InChI is InChI=1S/C21H25NO6S/c1-26-19-6-4-3-5-18(19)21(11-13-28-14-12-21)15-22-29(24,25)17-9-7-16(8-10-17)20(23)27-2/h3-10,22H,11-15H2,1-2H3. The molecular weight excluding hydrogens is 394 g/mol. The molecule has 1 heterocycles. The molecule has 3 rings (SSSR count). The summed E-state index contributed by atoms with van der Waals surface area (Å²) in [6.45, 7) is 1.32. The Bertz CT molecular complexity index is 949. The van der Waals surface area contributed by atoms with Crippen LogP contribution in [0.2, 0.25) is 0 Å². The molecule has 7 nitrogen and oxygen atoms in total. The topological polar surface area (TPSA) is 90.9 Å². The molecule has 0 bridgehead atoms. The summed E-state index contributed by atoms with van der Waals surface area (Å²) in [5, 5.41) is 0. The first-order chi connectivity index (χ1) is 13.9. The summed E-state index contributed by atoms with van der Waals surface area (Å²) in [6.07, 6.45) is 1.36. The Labute approximate surface area is 171 Å². The van der Waals surface area contributed by atoms with Crippen LogP contribution in [0, 0.1) is 0 Å². The molecule has 0 aromatic heterocycles. The van der Waals surface area contributed by atoms with Crippen molar-refractivity contribution >= 4 is 16.0 Å². The second kappa shape index (κ2) is 8.94. The number of hydrogen-bond donors (Lipinski definition) is 1. The fourth-order valence-electron chi connectivity index (χ4n) is 3.59. The first-order valence-corrected chi connectivity index (χ1v) is 10.8. The predicted octanol–water partition coefficient (Wildman–Crippen LogP) is 2.51. The average Bonchev–Trinajstić information content (AvgIpc) is 2.78. The van der Waals surface area contributed by atoms with Crippen molar-refractivity contribution in [1.82, 2.24) is 4.72 Å². The van der Waals surface area contributed by atoms with Crippen molar-refractivity contribution in [3.63, 3.8) is 0 Å². The van der Waals surface area contributed by atoms with Crippen LogP contribution in [-0.4, -0.2) is 48.4 Å². The number of carbonyl (C=O) groups is 1. The molecule has 0 unspecified atom stereocenters. The van der Waals surface area contributed by atoms with E-state index in [1.54, 1.807) is 7.11 Å². The molecule has 1 saturated heterocycles. The molecule has 0 aliphatic carbocycles. The van der Waals surface area contributed by atoms with E-state index in [0.29, 0.717) is 31.6 Å². The number of benzene rings is 2. The van der Waals surface area contributed by atoms with E-state index in [9.17, 15) is 13.2 Å². The Hall–Kier alpha value is -2.42. The third-order valence-electron chi connectivity index (χ3n) is 5.31. The Kier molecular flexibility index (Phi) is 6.56. The lowest BCUT2D eigenvalue weighted by Crippen LogP contribution is -2.44. The van der Waals surface area contributed by atoms with Crippen LogP contribution >= 0.6 is 0 Å². The molecule has 0 saturated carbocycles. The van der Waals surface area contributed by atoms with Gasteiger partial charge in [-0.3, -0.25) is 0 Å². The lowest BCUT2D eigenvalue weighted by atomic mass is 9.74. The van der Waals surface area contributed by atoms with Crippen molar-refractivity contribution in [3.05, 3.63) is 59.7 Å². The number of methoxy groups -OCH3 is 2. The van der Waals surface area contributed by atoms with Gasteiger partial charge in [-0.25, -0.2) is 17.9 Å². The van der Waals surface area contributed by atoms with Crippen LogP contribution in [0.1, 0.15) is 28.8 Å². The summed E-state index contributed by atoms with van der Waals surface area (Å²) in [6, 6.07) is 13.3. The molecule has 2 aromatic carbocycles. The SMILES string of the molecule is COC(=O)c1ccc(S(=O)(=O)NCC2(c3ccccc3OC)CCOCC2)cc1. The monoisotopic (exact) mass is 419 g/mol. The number of carbonyl (C=O) groups excluding carboxylic acids is 1. The van der Waals surface area contributed by atoms with E-state index >= 15 is 0 Å². The van der Waals surface area contributed by atoms with Gasteiger partial charge in [0.2, 0.25) is 10.0 Å². The molecule has 1 aliphatic heterocycles. The van der Waals surface area contributed by atoms with Gasteiger partial charge in [-0.05, 0) is 43.2 Å². The first-order valence-electron chi connectivity index (χ1n) is 9.31. The van der Waals surface area contributed by atoms with Gasteiger partial charge in [-0.2, -0.15) is 0 Å². The fourth-order valence-corrected chi connectivity index (χ4v) is 4.72. The molecule has 2 aromatic rings. The maximum absolute atomic E-state index is 12.9. The minimum Gasteiger partial charge on any atom is -0.496 e. The van der Waals surface area contributed by atoms with Gasteiger partial charge in [0.05, 0.1) is 24.7 Å². The summed E-state index contributed by atoms with van der Waals surface area (Å²) < 4.78 is 44.2. The number of nitrogens with one attached hydrogen (secondary N) is 1. The number of ether oxygens (including phenoxy) is 3. The van der Waals surface area contributed by atoms with Crippen molar-refractivity contribution in [3.8, 4) is 5.75 Å². The Balaban J connectivity index is 1.85. The number of sulfonamides is 1. The highest BCUT2D eigenvalue weighted by Crippen LogP contribution is 2.39. The van der Waals surface area contributed by atoms with E-state index in [-0.39, 0.29) is 11.4 Å². The van der Waals surface area contributed by atoms with Gasteiger partial charge >= 0.3 is 5.97 Å². The second-order valence-corrected chi connectivity index (χ2v) is 8.70. The van der Waals surface area contributed by atoms with Crippen molar-refractivity contribution in [1.29, 1.82) is 0 Å². The molecule has 0 atom stereocenters. The van der Waals surface area contributed by atoms with Gasteiger partial charge in [-0.1, -0.05) is 18.2 Å². The maximum Gasteiger partial charge on any atom is 0.337 e. The fraction of sp³-hybridized carbons (Fsp3) is 0.381. The number of para-hydroxylation sites is 1. The Morgan fingerprint density at radius 2 is 1.72 bits per heavy atom. The zero-order valence-corrected chi connectivity index (χ0v) is 17.3. The molecule has 8 heteroatoms. The van der Waals surface area contributed by atoms with Crippen LogP contribution in [0.25, 0.3) is 0 Å². The lowest BCUT2D eigenvalue weighted by molar-refractivity contribution is 0.0508. The Morgan fingerprint density at radius 3 is 2.34 bits per heavy atom. The molecular formula is C21H25NO6S. The molecule has 0 spiro atoms. The summed E-state index contributed by atoms with van der Waals surface area (Å²) in [7, 11) is -0.871. The van der Waals surface area contributed by atoms with Gasteiger partial charge in [0, 0.05) is 30.7 Å². The van der Waals surface area contributed by atoms with Gasteiger partial charge in [0.25, 0.3) is 0 Å². The summed E-state index contributed by atoms with van der Waals surface area (Å²) >= 11 is 0. The van der Waals surface area contributed by atoms with Crippen molar-refractivity contribution in [2.75, 3.05) is 34.0 Å². The highest BCUT2D eigenvalue weighted by Gasteiger charge is 2.37. The molecule has 1 fully saturated rings. The summed E-state index contributed by atoms with van der Waals surface area (Å²) in [4.78, 5) is 11.6. The van der Waals surface area contributed by atoms with Crippen LogP contribution in [0.4, 0.5) is 0 Å². The smallest absolute Gasteiger partial charge is 0.337 e. The molecule has 29 heavy (non-hydrogen) atoms. The van der Waals surface area contributed by atoms with Gasteiger partial charge in [0.1, 0.15) is 5.75 Å². The summed E-state index contributed by atoms with van der Waals surface area (Å²) in [5.74, 6) is 0.218.